The summed E-state index contributed by atoms with van der Waals surface area (Å²) >= 11 is 3.27. The van der Waals surface area contributed by atoms with E-state index in [1.165, 1.54) is 4.90 Å². The molecule has 3 N–H and O–H groups in total. The van der Waals surface area contributed by atoms with Gasteiger partial charge in [0, 0.05) is 23.2 Å². The van der Waals surface area contributed by atoms with E-state index in [-0.39, 0.29) is 18.9 Å². The standard InChI is InChI=1S/C12H15BrN2O3/c1-2-15(6-5-11(16)17)12(18)9-4-3-8(13)7-10(9)14/h3-4,7H,2,5-6,14H2,1H3,(H,16,17). The van der Waals surface area contributed by atoms with Crippen molar-refractivity contribution in [3.8, 4) is 0 Å². The maximum atomic E-state index is 12.2. The van der Waals surface area contributed by atoms with Gasteiger partial charge in [-0.05, 0) is 25.1 Å². The van der Waals surface area contributed by atoms with Crippen LogP contribution in [0.25, 0.3) is 0 Å². The summed E-state index contributed by atoms with van der Waals surface area (Å²) in [5.41, 5.74) is 6.55. The largest absolute Gasteiger partial charge is 0.481 e. The molecule has 6 heteroatoms. The predicted molar refractivity (Wildman–Crippen MR) is 72.4 cm³/mol. The summed E-state index contributed by atoms with van der Waals surface area (Å²) in [6.45, 7) is 2.43. The SMILES string of the molecule is CCN(CCC(=O)O)C(=O)c1ccc(Br)cc1N. The fraction of sp³-hybridized carbons (Fsp3) is 0.333. The zero-order valence-electron chi connectivity index (χ0n) is 10.0. The molecule has 0 unspecified atom stereocenters. The van der Waals surface area contributed by atoms with Gasteiger partial charge in [0.15, 0.2) is 0 Å². The normalized spacial score (nSPS) is 10.1. The molecule has 1 aromatic rings. The van der Waals surface area contributed by atoms with E-state index in [1.807, 2.05) is 0 Å². The molecule has 0 aliphatic carbocycles. The van der Waals surface area contributed by atoms with Gasteiger partial charge in [0.1, 0.15) is 0 Å². The van der Waals surface area contributed by atoms with Gasteiger partial charge in [-0.15, -0.1) is 0 Å². The highest BCUT2D eigenvalue weighted by Gasteiger charge is 2.17. The lowest BCUT2D eigenvalue weighted by Crippen LogP contribution is -2.33. The maximum absolute atomic E-state index is 12.2. The smallest absolute Gasteiger partial charge is 0.305 e. The van der Waals surface area contributed by atoms with Crippen molar-refractivity contribution in [3.63, 3.8) is 0 Å². The van der Waals surface area contributed by atoms with E-state index < -0.39 is 5.97 Å². The van der Waals surface area contributed by atoms with Crippen LogP contribution in [-0.2, 0) is 4.79 Å². The van der Waals surface area contributed by atoms with E-state index in [2.05, 4.69) is 15.9 Å². The summed E-state index contributed by atoms with van der Waals surface area (Å²) in [5.74, 6) is -1.17. The number of anilines is 1. The van der Waals surface area contributed by atoms with Gasteiger partial charge in [-0.25, -0.2) is 0 Å². The highest BCUT2D eigenvalue weighted by atomic mass is 79.9. The third-order valence-corrected chi connectivity index (χ3v) is 3.00. The van der Waals surface area contributed by atoms with Gasteiger partial charge in [-0.1, -0.05) is 15.9 Å². The Hall–Kier alpha value is -1.56. The number of amides is 1. The minimum absolute atomic E-state index is 0.0734. The molecule has 0 aliphatic heterocycles. The molecule has 1 aromatic carbocycles. The van der Waals surface area contributed by atoms with Crippen molar-refractivity contribution < 1.29 is 14.7 Å². The van der Waals surface area contributed by atoms with E-state index in [0.29, 0.717) is 17.8 Å². The number of carbonyl (C=O) groups excluding carboxylic acids is 1. The van der Waals surface area contributed by atoms with Crippen LogP contribution in [0.1, 0.15) is 23.7 Å². The van der Waals surface area contributed by atoms with Gasteiger partial charge in [-0.2, -0.15) is 0 Å². The summed E-state index contributed by atoms with van der Waals surface area (Å²) < 4.78 is 0.796. The second-order valence-corrected chi connectivity index (χ2v) is 4.68. The van der Waals surface area contributed by atoms with Crippen LogP contribution in [0, 0.1) is 0 Å². The molecule has 0 saturated heterocycles. The third-order valence-electron chi connectivity index (χ3n) is 2.51. The first-order valence-electron chi connectivity index (χ1n) is 5.51. The summed E-state index contributed by atoms with van der Waals surface area (Å²) in [7, 11) is 0. The van der Waals surface area contributed by atoms with Crippen LogP contribution in [0.15, 0.2) is 22.7 Å². The van der Waals surface area contributed by atoms with E-state index in [4.69, 9.17) is 10.8 Å². The lowest BCUT2D eigenvalue weighted by atomic mass is 10.1. The van der Waals surface area contributed by atoms with Crippen LogP contribution in [0.4, 0.5) is 5.69 Å². The van der Waals surface area contributed by atoms with Gasteiger partial charge in [-0.3, -0.25) is 9.59 Å². The number of hydrogen-bond acceptors (Lipinski definition) is 3. The summed E-state index contributed by atoms with van der Waals surface area (Å²) in [4.78, 5) is 24.1. The van der Waals surface area contributed by atoms with E-state index >= 15 is 0 Å². The number of benzene rings is 1. The quantitative estimate of drug-likeness (QED) is 0.814. The molecule has 0 spiro atoms. The zero-order valence-corrected chi connectivity index (χ0v) is 11.6. The van der Waals surface area contributed by atoms with Gasteiger partial charge < -0.3 is 15.7 Å². The van der Waals surface area contributed by atoms with Crippen LogP contribution >= 0.6 is 15.9 Å². The zero-order chi connectivity index (χ0) is 13.7. The van der Waals surface area contributed by atoms with Gasteiger partial charge in [0.25, 0.3) is 5.91 Å². The number of carbonyl (C=O) groups is 2. The second kappa shape index (κ2) is 6.39. The average molecular weight is 315 g/mol. The van der Waals surface area contributed by atoms with E-state index in [0.717, 1.165) is 4.47 Å². The minimum Gasteiger partial charge on any atom is -0.481 e. The summed E-state index contributed by atoms with van der Waals surface area (Å²) in [6, 6.07) is 5.01. The lowest BCUT2D eigenvalue weighted by Gasteiger charge is -2.20. The Morgan fingerprint density at radius 2 is 2.11 bits per heavy atom. The lowest BCUT2D eigenvalue weighted by molar-refractivity contribution is -0.137. The molecule has 0 heterocycles. The molecule has 0 radical (unpaired) electrons. The molecule has 98 valence electrons. The molecule has 1 rings (SSSR count). The van der Waals surface area contributed by atoms with Crippen molar-refractivity contribution in [2.75, 3.05) is 18.8 Å². The first-order valence-corrected chi connectivity index (χ1v) is 6.31. The van der Waals surface area contributed by atoms with Crippen LogP contribution in [0.2, 0.25) is 0 Å². The number of carboxylic acid groups (broad SMARTS) is 1. The van der Waals surface area contributed by atoms with Crippen molar-refractivity contribution in [1.82, 2.24) is 4.90 Å². The van der Waals surface area contributed by atoms with Crippen LogP contribution in [-0.4, -0.2) is 35.0 Å². The van der Waals surface area contributed by atoms with Gasteiger partial charge in [0.2, 0.25) is 0 Å². The van der Waals surface area contributed by atoms with Crippen molar-refractivity contribution >= 4 is 33.5 Å². The van der Waals surface area contributed by atoms with Crippen LogP contribution < -0.4 is 5.73 Å². The van der Waals surface area contributed by atoms with Crippen molar-refractivity contribution in [2.24, 2.45) is 0 Å². The fourth-order valence-corrected chi connectivity index (χ4v) is 1.91. The monoisotopic (exact) mass is 314 g/mol. The Labute approximate surface area is 114 Å². The number of rotatable bonds is 5. The number of carboxylic acids is 1. The third kappa shape index (κ3) is 3.73. The molecule has 0 bridgehead atoms. The van der Waals surface area contributed by atoms with Crippen molar-refractivity contribution in [3.05, 3.63) is 28.2 Å². The average Bonchev–Trinajstić information content (AvgIpc) is 2.29. The predicted octanol–water partition coefficient (Wildman–Crippen LogP) is 1.97. The number of nitrogens with zero attached hydrogens (tertiary/aromatic N) is 1. The van der Waals surface area contributed by atoms with Gasteiger partial charge in [0.05, 0.1) is 12.0 Å². The van der Waals surface area contributed by atoms with E-state index in [1.54, 1.807) is 25.1 Å². The van der Waals surface area contributed by atoms with Gasteiger partial charge >= 0.3 is 5.97 Å². The summed E-state index contributed by atoms with van der Waals surface area (Å²) in [5, 5.41) is 8.63. The molecule has 0 saturated carbocycles. The second-order valence-electron chi connectivity index (χ2n) is 3.76. The molecule has 0 fully saturated rings. The van der Waals surface area contributed by atoms with Crippen LogP contribution in [0.5, 0.6) is 0 Å². The molecular formula is C12H15BrN2O3. The minimum atomic E-state index is -0.926. The Kier molecular flexibility index (Phi) is 5.15. The highest BCUT2D eigenvalue weighted by Crippen LogP contribution is 2.20. The van der Waals surface area contributed by atoms with E-state index in [9.17, 15) is 9.59 Å². The fourth-order valence-electron chi connectivity index (χ4n) is 1.53. The molecule has 0 atom stereocenters. The Balaban J connectivity index is 2.86. The summed E-state index contributed by atoms with van der Waals surface area (Å²) in [6.07, 6.45) is -0.0734. The topological polar surface area (TPSA) is 83.6 Å². The Morgan fingerprint density at radius 3 is 2.61 bits per heavy atom. The number of aliphatic carboxylic acids is 1. The molecule has 0 aliphatic rings. The number of hydrogen-bond donors (Lipinski definition) is 2. The first kappa shape index (κ1) is 14.5. The maximum Gasteiger partial charge on any atom is 0.305 e. The molecule has 18 heavy (non-hydrogen) atoms. The molecule has 0 aromatic heterocycles. The molecular weight excluding hydrogens is 300 g/mol. The Morgan fingerprint density at radius 1 is 1.44 bits per heavy atom. The van der Waals surface area contributed by atoms with Crippen LogP contribution in [0.3, 0.4) is 0 Å². The molecule has 5 nitrogen and oxygen atoms in total. The van der Waals surface area contributed by atoms with Crippen molar-refractivity contribution in [1.29, 1.82) is 0 Å². The number of halogens is 1. The Bertz CT molecular complexity index is 463. The number of nitrogen functional groups attached to an aromatic ring is 1. The number of nitrogens with two attached hydrogens (primary N) is 1. The molecule has 1 amide bonds. The first-order chi connectivity index (χ1) is 8.45. The highest BCUT2D eigenvalue weighted by molar-refractivity contribution is 9.10. The van der Waals surface area contributed by atoms with Crippen molar-refractivity contribution in [2.45, 2.75) is 13.3 Å².